The van der Waals surface area contributed by atoms with Crippen LogP contribution in [-0.2, 0) is 6.42 Å². The van der Waals surface area contributed by atoms with E-state index >= 15 is 0 Å². The molecule has 0 unspecified atom stereocenters. The minimum atomic E-state index is 0.606. The van der Waals surface area contributed by atoms with Gasteiger partial charge in [0.2, 0.25) is 0 Å². The normalized spacial score (nSPS) is 12.6. The van der Waals surface area contributed by atoms with Gasteiger partial charge in [-0.1, -0.05) is 122 Å². The van der Waals surface area contributed by atoms with Crippen molar-refractivity contribution in [3.05, 3.63) is 163 Å². The number of nitrogens with zero attached hydrogens (tertiary/aromatic N) is 3. The smallest absolute Gasteiger partial charge is 0.164 e. The molecule has 1 aliphatic carbocycles. The molecule has 11 rings (SSSR count). The van der Waals surface area contributed by atoms with Crippen molar-refractivity contribution >= 4 is 75.9 Å². The van der Waals surface area contributed by atoms with Crippen LogP contribution in [0.2, 0.25) is 0 Å². The molecule has 10 aromatic rings. The number of benzene rings is 7. The van der Waals surface area contributed by atoms with Crippen molar-refractivity contribution in [3.63, 3.8) is 0 Å². The third kappa shape index (κ3) is 4.72. The van der Waals surface area contributed by atoms with Crippen LogP contribution >= 0.6 is 11.3 Å². The van der Waals surface area contributed by atoms with Crippen molar-refractivity contribution in [2.75, 3.05) is 0 Å². The number of hydrogen-bond donors (Lipinski definition) is 0. The summed E-state index contributed by atoms with van der Waals surface area (Å²) in [6.45, 7) is 6.33. The molecule has 0 aliphatic heterocycles. The Labute approximate surface area is 315 Å². The summed E-state index contributed by atoms with van der Waals surface area (Å²) >= 11 is 1.79. The summed E-state index contributed by atoms with van der Waals surface area (Å²) in [4.78, 5) is 15.4. The van der Waals surface area contributed by atoms with Crippen molar-refractivity contribution in [2.24, 2.45) is 0 Å². The van der Waals surface area contributed by atoms with Crippen molar-refractivity contribution in [2.45, 2.75) is 13.3 Å². The number of hydrogen-bond acceptors (Lipinski definition) is 5. The Bertz CT molecular complexity index is 3220. The predicted molar refractivity (Wildman–Crippen MR) is 227 cm³/mol. The Kier molecular flexibility index (Phi) is 6.82. The first-order valence-electron chi connectivity index (χ1n) is 18.2. The van der Waals surface area contributed by atoms with Gasteiger partial charge in [-0.05, 0) is 87.8 Å². The van der Waals surface area contributed by atoms with Gasteiger partial charge in [-0.25, -0.2) is 15.0 Å². The number of allylic oxidation sites excluding steroid dienone is 2. The number of thiophene rings is 1. The molecule has 0 fully saturated rings. The van der Waals surface area contributed by atoms with Crippen molar-refractivity contribution in [1.29, 1.82) is 0 Å². The van der Waals surface area contributed by atoms with Crippen LogP contribution in [-0.4, -0.2) is 15.0 Å². The number of furan rings is 1. The second kappa shape index (κ2) is 11.9. The third-order valence-corrected chi connectivity index (χ3v) is 12.0. The van der Waals surface area contributed by atoms with E-state index in [9.17, 15) is 0 Å². The van der Waals surface area contributed by atoms with E-state index in [-0.39, 0.29) is 0 Å². The van der Waals surface area contributed by atoms with Crippen molar-refractivity contribution in [1.82, 2.24) is 15.0 Å². The highest BCUT2D eigenvalue weighted by Gasteiger charge is 2.21. The first-order valence-corrected chi connectivity index (χ1v) is 19.0. The van der Waals surface area contributed by atoms with Gasteiger partial charge in [0.05, 0.1) is 0 Å². The fourth-order valence-electron chi connectivity index (χ4n) is 8.30. The zero-order valence-corrected chi connectivity index (χ0v) is 30.2. The molecule has 0 saturated carbocycles. The highest BCUT2D eigenvalue weighted by Crippen LogP contribution is 2.43. The molecule has 0 N–H and O–H groups in total. The maximum atomic E-state index is 6.52. The maximum Gasteiger partial charge on any atom is 0.164 e. The SMILES string of the molecule is C=Cc1ccc2c(-c3ccc4oc5cccc(-c6nc(-c7ccccc7)nc(-c7ccc8c(c7)sc7ccccc78)n6)c5c4c3)ccc3c2c1C(C)=CC3. The number of rotatable bonds is 5. The Morgan fingerprint density at radius 1 is 0.574 bits per heavy atom. The van der Waals surface area contributed by atoms with E-state index in [1.54, 1.807) is 11.3 Å². The first kappa shape index (κ1) is 30.9. The van der Waals surface area contributed by atoms with Crippen LogP contribution in [0.3, 0.4) is 0 Å². The van der Waals surface area contributed by atoms with Crippen LogP contribution in [0.1, 0.15) is 23.6 Å². The standard InChI is InChI=1S/C49H31N3OS/c1-3-29-18-24-37-34(22-19-30-17-16-28(2)44(29)45(30)37)32-21-25-40-39(26-32)46-38(13-9-14-41(46)53-40)49-51-47(31-10-5-4-6-11-31)50-48(52-49)33-20-23-36-35-12-7-8-15-42(35)54-43(36)27-33/h3-16,18-27H,1,17H2,2H3. The Morgan fingerprint density at radius 3 is 2.24 bits per heavy atom. The van der Waals surface area contributed by atoms with E-state index in [0.717, 1.165) is 50.6 Å². The lowest BCUT2D eigenvalue weighted by Gasteiger charge is -2.21. The lowest BCUT2D eigenvalue weighted by atomic mass is 9.83. The molecule has 0 amide bonds. The van der Waals surface area contributed by atoms with Crippen LogP contribution in [0.25, 0.3) is 110 Å². The van der Waals surface area contributed by atoms with E-state index < -0.39 is 0 Å². The van der Waals surface area contributed by atoms with Crippen molar-refractivity contribution in [3.8, 4) is 45.3 Å². The molecule has 0 saturated heterocycles. The predicted octanol–water partition coefficient (Wildman–Crippen LogP) is 13.6. The molecular formula is C49H31N3OS. The molecule has 54 heavy (non-hydrogen) atoms. The molecule has 0 bridgehead atoms. The van der Waals surface area contributed by atoms with Gasteiger partial charge in [0.1, 0.15) is 11.2 Å². The molecule has 0 spiro atoms. The highest BCUT2D eigenvalue weighted by atomic mass is 32.1. The van der Waals surface area contributed by atoms with E-state index in [2.05, 4.69) is 111 Å². The average Bonchev–Trinajstić information content (AvgIpc) is 3.80. The Balaban J connectivity index is 1.12. The van der Waals surface area contributed by atoms with E-state index in [1.165, 1.54) is 58.8 Å². The van der Waals surface area contributed by atoms with Gasteiger partial charge < -0.3 is 4.42 Å². The van der Waals surface area contributed by atoms with Gasteiger partial charge in [-0.2, -0.15) is 0 Å². The van der Waals surface area contributed by atoms with Crippen LogP contribution in [0.4, 0.5) is 0 Å². The maximum absolute atomic E-state index is 6.52. The molecule has 3 aromatic heterocycles. The minimum absolute atomic E-state index is 0.606. The van der Waals surface area contributed by atoms with Crippen LogP contribution in [0.15, 0.2) is 151 Å². The van der Waals surface area contributed by atoms with Gasteiger partial charge in [0.15, 0.2) is 17.5 Å². The minimum Gasteiger partial charge on any atom is -0.456 e. The summed E-state index contributed by atoms with van der Waals surface area (Å²) in [5.41, 5.74) is 11.8. The fraction of sp³-hybridized carbons (Fsp3) is 0.0408. The van der Waals surface area contributed by atoms with E-state index in [0.29, 0.717) is 17.5 Å². The molecule has 7 aromatic carbocycles. The van der Waals surface area contributed by atoms with Gasteiger partial charge in [-0.15, -0.1) is 11.3 Å². The van der Waals surface area contributed by atoms with Crippen molar-refractivity contribution < 1.29 is 4.42 Å². The highest BCUT2D eigenvalue weighted by molar-refractivity contribution is 7.25. The lowest BCUT2D eigenvalue weighted by Crippen LogP contribution is -2.00. The summed E-state index contributed by atoms with van der Waals surface area (Å²) in [6.07, 6.45) is 5.23. The first-order chi connectivity index (χ1) is 26.6. The molecule has 1 aliphatic rings. The lowest BCUT2D eigenvalue weighted by molar-refractivity contribution is 0.669. The summed E-state index contributed by atoms with van der Waals surface area (Å²) < 4.78 is 9.00. The second-order valence-corrected chi connectivity index (χ2v) is 15.1. The van der Waals surface area contributed by atoms with E-state index in [4.69, 9.17) is 19.4 Å². The zero-order chi connectivity index (χ0) is 35.9. The second-order valence-electron chi connectivity index (χ2n) is 14.0. The monoisotopic (exact) mass is 709 g/mol. The zero-order valence-electron chi connectivity index (χ0n) is 29.4. The van der Waals surface area contributed by atoms with E-state index in [1.807, 2.05) is 48.5 Å². The summed E-state index contributed by atoms with van der Waals surface area (Å²) in [7, 11) is 0. The Morgan fingerprint density at radius 2 is 1.35 bits per heavy atom. The largest absolute Gasteiger partial charge is 0.456 e. The quantitative estimate of drug-likeness (QED) is 0.178. The van der Waals surface area contributed by atoms with Gasteiger partial charge in [-0.3, -0.25) is 0 Å². The van der Waals surface area contributed by atoms with Crippen LogP contribution in [0.5, 0.6) is 0 Å². The van der Waals surface area contributed by atoms with Gasteiger partial charge in [0.25, 0.3) is 0 Å². The summed E-state index contributed by atoms with van der Waals surface area (Å²) in [5.74, 6) is 1.87. The van der Waals surface area contributed by atoms with Crippen LogP contribution < -0.4 is 0 Å². The number of aromatic nitrogens is 3. The average molecular weight is 710 g/mol. The third-order valence-electron chi connectivity index (χ3n) is 10.9. The molecule has 0 atom stereocenters. The molecule has 254 valence electrons. The fourth-order valence-corrected chi connectivity index (χ4v) is 9.45. The van der Waals surface area contributed by atoms with Gasteiger partial charge in [0, 0.05) is 47.6 Å². The summed E-state index contributed by atoms with van der Waals surface area (Å²) in [5, 5.41) is 7.09. The number of fused-ring (bicyclic) bond motifs is 6. The molecular weight excluding hydrogens is 679 g/mol. The van der Waals surface area contributed by atoms with Gasteiger partial charge >= 0.3 is 0 Å². The Hall–Kier alpha value is -6.69. The topological polar surface area (TPSA) is 51.8 Å². The van der Waals surface area contributed by atoms with Crippen LogP contribution in [0, 0.1) is 0 Å². The molecule has 5 heteroatoms. The molecule has 0 radical (unpaired) electrons. The summed E-state index contributed by atoms with van der Waals surface area (Å²) in [6, 6.07) is 46.9. The molecule has 4 nitrogen and oxygen atoms in total. The molecule has 3 heterocycles.